The number of hydrogen-bond donors (Lipinski definition) is 2. The van der Waals surface area contributed by atoms with Crippen LogP contribution < -0.4 is 16.3 Å². The number of benzodiazepines with no additional fused rings is 1. The van der Waals surface area contributed by atoms with E-state index in [2.05, 4.69) is 20.6 Å². The zero-order valence-corrected chi connectivity index (χ0v) is 18.0. The van der Waals surface area contributed by atoms with Gasteiger partial charge in [0, 0.05) is 23.4 Å². The molecule has 0 spiro atoms. The molecule has 3 heterocycles. The number of benzene rings is 2. The lowest BCUT2D eigenvalue weighted by Crippen LogP contribution is -2.46. The van der Waals surface area contributed by atoms with Gasteiger partial charge in [0.25, 0.3) is 5.91 Å². The van der Waals surface area contributed by atoms with Gasteiger partial charge in [0.15, 0.2) is 5.65 Å². The maximum atomic E-state index is 13.3. The van der Waals surface area contributed by atoms with Crippen molar-refractivity contribution in [1.29, 1.82) is 0 Å². The Morgan fingerprint density at radius 3 is 2.53 bits per heavy atom. The lowest BCUT2D eigenvalue weighted by Gasteiger charge is -2.13. The minimum absolute atomic E-state index is 0.0617. The Kier molecular flexibility index (Phi) is 4.61. The number of rotatable bonds is 3. The average Bonchev–Trinajstić information content (AvgIpc) is 3.66. The highest BCUT2D eigenvalue weighted by molar-refractivity contribution is 6.19. The Hall–Kier alpha value is -4.53. The van der Waals surface area contributed by atoms with E-state index in [1.807, 2.05) is 48.5 Å². The van der Waals surface area contributed by atoms with E-state index in [9.17, 15) is 14.4 Å². The number of anilines is 1. The SMILES string of the molecule is O=C1Nc2ccccc2C(c2ccccc2)=N[C@@H]1NC(=O)n1c(=O)n(C2CC2)c2cccnc21. The topological polar surface area (TPSA) is 110 Å². The largest absolute Gasteiger partial charge is 0.338 e. The van der Waals surface area contributed by atoms with Crippen LogP contribution in [0.25, 0.3) is 11.2 Å². The number of pyridine rings is 1. The van der Waals surface area contributed by atoms with E-state index in [0.717, 1.165) is 28.5 Å². The summed E-state index contributed by atoms with van der Waals surface area (Å²) in [5, 5.41) is 5.47. The Labute approximate surface area is 193 Å². The zero-order valence-electron chi connectivity index (χ0n) is 18.0. The van der Waals surface area contributed by atoms with Gasteiger partial charge < -0.3 is 10.6 Å². The molecule has 1 saturated carbocycles. The van der Waals surface area contributed by atoms with Gasteiger partial charge in [-0.25, -0.2) is 19.6 Å². The first kappa shape index (κ1) is 20.1. The van der Waals surface area contributed by atoms with Crippen molar-refractivity contribution in [2.45, 2.75) is 25.0 Å². The fourth-order valence-electron chi connectivity index (χ4n) is 4.28. The molecular formula is C25H20N6O3. The van der Waals surface area contributed by atoms with Crippen molar-refractivity contribution < 1.29 is 9.59 Å². The Morgan fingerprint density at radius 2 is 1.74 bits per heavy atom. The second kappa shape index (κ2) is 7.80. The zero-order chi connectivity index (χ0) is 23.2. The highest BCUT2D eigenvalue weighted by atomic mass is 16.2. The Bertz CT molecular complexity index is 1530. The van der Waals surface area contributed by atoms with Crippen molar-refractivity contribution >= 4 is 34.5 Å². The van der Waals surface area contributed by atoms with E-state index in [4.69, 9.17) is 0 Å². The average molecular weight is 452 g/mol. The second-order valence-electron chi connectivity index (χ2n) is 8.30. The summed E-state index contributed by atoms with van der Waals surface area (Å²) in [4.78, 5) is 48.4. The maximum Gasteiger partial charge on any atom is 0.338 e. The molecule has 2 aromatic carbocycles. The summed E-state index contributed by atoms with van der Waals surface area (Å²) in [7, 11) is 0. The van der Waals surface area contributed by atoms with Crippen LogP contribution >= 0.6 is 0 Å². The van der Waals surface area contributed by atoms with Crippen LogP contribution in [0.15, 0.2) is 82.7 Å². The molecule has 0 bridgehead atoms. The van der Waals surface area contributed by atoms with E-state index in [1.165, 1.54) is 6.20 Å². The summed E-state index contributed by atoms with van der Waals surface area (Å²) in [6.45, 7) is 0. The van der Waals surface area contributed by atoms with Gasteiger partial charge in [0.2, 0.25) is 6.17 Å². The molecule has 34 heavy (non-hydrogen) atoms. The summed E-state index contributed by atoms with van der Waals surface area (Å²) < 4.78 is 2.58. The molecule has 2 N–H and O–H groups in total. The van der Waals surface area contributed by atoms with Gasteiger partial charge in [-0.15, -0.1) is 0 Å². The number of nitrogens with one attached hydrogen (secondary N) is 2. The molecule has 1 fully saturated rings. The van der Waals surface area contributed by atoms with E-state index in [1.54, 1.807) is 22.8 Å². The van der Waals surface area contributed by atoms with Crippen molar-refractivity contribution in [2.75, 3.05) is 5.32 Å². The fraction of sp³-hybridized carbons (Fsp3) is 0.160. The van der Waals surface area contributed by atoms with Crippen molar-refractivity contribution in [1.82, 2.24) is 19.4 Å². The van der Waals surface area contributed by atoms with Crippen LogP contribution in [0.2, 0.25) is 0 Å². The van der Waals surface area contributed by atoms with Crippen LogP contribution in [-0.2, 0) is 4.79 Å². The van der Waals surface area contributed by atoms with Crippen LogP contribution in [0.3, 0.4) is 0 Å². The first-order valence-corrected chi connectivity index (χ1v) is 11.0. The number of hydrogen-bond acceptors (Lipinski definition) is 5. The number of aromatic nitrogens is 3. The van der Waals surface area contributed by atoms with E-state index in [-0.39, 0.29) is 11.7 Å². The number of para-hydroxylation sites is 1. The number of amides is 2. The van der Waals surface area contributed by atoms with E-state index >= 15 is 0 Å². The van der Waals surface area contributed by atoms with E-state index < -0.39 is 23.8 Å². The minimum Gasteiger partial charge on any atom is -0.322 e. The molecule has 0 radical (unpaired) electrons. The van der Waals surface area contributed by atoms with Crippen LogP contribution in [0, 0.1) is 0 Å². The summed E-state index contributed by atoms with van der Waals surface area (Å²) in [6.07, 6.45) is 2.04. The summed E-state index contributed by atoms with van der Waals surface area (Å²) in [5.41, 5.74) is 3.07. The molecule has 0 saturated heterocycles. The molecule has 0 unspecified atom stereocenters. The second-order valence-corrected chi connectivity index (χ2v) is 8.30. The molecule has 4 aromatic rings. The third kappa shape index (κ3) is 3.29. The van der Waals surface area contributed by atoms with Gasteiger partial charge in [-0.2, -0.15) is 4.57 Å². The van der Waals surface area contributed by atoms with Crippen LogP contribution in [0.1, 0.15) is 30.0 Å². The number of aliphatic imine (C=N–C) groups is 1. The van der Waals surface area contributed by atoms with Crippen molar-refractivity contribution in [3.63, 3.8) is 0 Å². The molecule has 1 atom stereocenters. The van der Waals surface area contributed by atoms with Crippen molar-refractivity contribution in [2.24, 2.45) is 4.99 Å². The third-order valence-corrected chi connectivity index (χ3v) is 6.00. The number of nitrogens with zero attached hydrogens (tertiary/aromatic N) is 4. The van der Waals surface area contributed by atoms with Gasteiger partial charge in [-0.05, 0) is 31.0 Å². The van der Waals surface area contributed by atoms with Gasteiger partial charge in [0.1, 0.15) is 0 Å². The number of imidazole rings is 1. The van der Waals surface area contributed by atoms with Crippen molar-refractivity contribution in [3.8, 4) is 0 Å². The molecule has 2 amide bonds. The molecule has 6 rings (SSSR count). The smallest absolute Gasteiger partial charge is 0.322 e. The molecule has 2 aliphatic rings. The molecule has 1 aliphatic carbocycles. The standard InChI is InChI=1S/C25H20N6O3/c32-23-21(28-20(15-7-2-1-3-8-15)17-9-4-5-10-18(17)27-23)29-24(33)31-22-19(11-6-14-26-22)30(25(31)34)16-12-13-16/h1-11,14,16,21H,12-13H2,(H,27,32)(H,29,33)/t21-/m1/s1. The lowest BCUT2D eigenvalue weighted by atomic mass is 10.0. The number of carbonyl (C=O) groups excluding carboxylic acids is 2. The predicted molar refractivity (Wildman–Crippen MR) is 127 cm³/mol. The first-order chi connectivity index (χ1) is 16.6. The Balaban J connectivity index is 1.43. The molecule has 9 heteroatoms. The van der Waals surface area contributed by atoms with Gasteiger partial charge in [-0.1, -0.05) is 48.5 Å². The fourth-order valence-corrected chi connectivity index (χ4v) is 4.28. The number of fused-ring (bicyclic) bond motifs is 2. The summed E-state index contributed by atoms with van der Waals surface area (Å²) in [5.74, 6) is -0.501. The minimum atomic E-state index is -1.25. The molecular weight excluding hydrogens is 432 g/mol. The Morgan fingerprint density at radius 1 is 0.971 bits per heavy atom. The highest BCUT2D eigenvalue weighted by Crippen LogP contribution is 2.35. The molecule has 1 aliphatic heterocycles. The van der Waals surface area contributed by atoms with Crippen LogP contribution in [0.5, 0.6) is 0 Å². The number of carbonyl (C=O) groups is 2. The quantitative estimate of drug-likeness (QED) is 0.498. The summed E-state index contributed by atoms with van der Waals surface area (Å²) in [6, 6.07) is 19.6. The summed E-state index contributed by atoms with van der Waals surface area (Å²) >= 11 is 0. The molecule has 9 nitrogen and oxygen atoms in total. The van der Waals surface area contributed by atoms with Crippen LogP contribution in [-0.4, -0.2) is 37.9 Å². The maximum absolute atomic E-state index is 13.3. The van der Waals surface area contributed by atoms with E-state index in [0.29, 0.717) is 16.9 Å². The van der Waals surface area contributed by atoms with Gasteiger partial charge in [0.05, 0.1) is 16.9 Å². The van der Waals surface area contributed by atoms with Crippen LogP contribution in [0.4, 0.5) is 10.5 Å². The molecule has 2 aromatic heterocycles. The predicted octanol–water partition coefficient (Wildman–Crippen LogP) is 2.91. The first-order valence-electron chi connectivity index (χ1n) is 11.0. The van der Waals surface area contributed by atoms with Gasteiger partial charge in [-0.3, -0.25) is 9.36 Å². The lowest BCUT2D eigenvalue weighted by molar-refractivity contribution is -0.117. The monoisotopic (exact) mass is 452 g/mol. The molecule has 168 valence electrons. The highest BCUT2D eigenvalue weighted by Gasteiger charge is 2.33. The third-order valence-electron chi connectivity index (χ3n) is 6.00. The normalized spacial score (nSPS) is 17.5. The van der Waals surface area contributed by atoms with Crippen molar-refractivity contribution in [3.05, 3.63) is 94.5 Å². The van der Waals surface area contributed by atoms with Gasteiger partial charge >= 0.3 is 11.7 Å².